The maximum absolute atomic E-state index is 9.84. The first-order valence-electron chi connectivity index (χ1n) is 4.77. The molecular formula is C9H14ClN3O. The predicted molar refractivity (Wildman–Crippen MR) is 54.2 cm³/mol. The smallest absolute Gasteiger partial charge is 0.110 e. The van der Waals surface area contributed by atoms with Gasteiger partial charge in [0.25, 0.3) is 0 Å². The summed E-state index contributed by atoms with van der Waals surface area (Å²) in [7, 11) is 1.78. The van der Waals surface area contributed by atoms with Crippen LogP contribution in [-0.2, 0) is 7.05 Å². The minimum absolute atomic E-state index is 0.526. The number of hydrogen-bond acceptors (Lipinski definition) is 3. The largest absolute Gasteiger partial charge is 0.385 e. The fourth-order valence-electron chi connectivity index (χ4n) is 1.46. The maximum atomic E-state index is 9.84. The lowest BCUT2D eigenvalue weighted by Crippen LogP contribution is -2.24. The van der Waals surface area contributed by atoms with Gasteiger partial charge in [0, 0.05) is 19.6 Å². The van der Waals surface area contributed by atoms with E-state index in [4.69, 9.17) is 11.6 Å². The van der Waals surface area contributed by atoms with Crippen LogP contribution in [0.2, 0.25) is 5.02 Å². The van der Waals surface area contributed by atoms with E-state index in [1.165, 1.54) is 12.8 Å². The molecule has 0 amide bonds. The van der Waals surface area contributed by atoms with E-state index >= 15 is 0 Å². The van der Waals surface area contributed by atoms with Crippen LogP contribution in [0.3, 0.4) is 0 Å². The van der Waals surface area contributed by atoms with Crippen molar-refractivity contribution < 1.29 is 5.11 Å². The van der Waals surface area contributed by atoms with Crippen molar-refractivity contribution in [2.24, 2.45) is 7.05 Å². The zero-order valence-electron chi connectivity index (χ0n) is 8.07. The average molecular weight is 216 g/mol. The Labute approximate surface area is 87.9 Å². The minimum Gasteiger partial charge on any atom is -0.385 e. The lowest BCUT2D eigenvalue weighted by Gasteiger charge is -2.12. The van der Waals surface area contributed by atoms with Crippen LogP contribution < -0.4 is 5.32 Å². The minimum atomic E-state index is -0.574. The molecule has 1 aliphatic rings. The standard InChI is InChI=1S/C9H14ClN3O/c1-13-9(7(10)4-12-13)8(14)5-11-6-2-3-6/h4,6,8,11,14H,2-3,5H2,1H3. The molecular weight excluding hydrogens is 202 g/mol. The van der Waals surface area contributed by atoms with Gasteiger partial charge in [-0.3, -0.25) is 4.68 Å². The third kappa shape index (κ3) is 2.08. The topological polar surface area (TPSA) is 50.1 Å². The second-order valence-electron chi connectivity index (χ2n) is 3.70. The van der Waals surface area contributed by atoms with Crippen molar-refractivity contribution in [3.05, 3.63) is 16.9 Å². The van der Waals surface area contributed by atoms with Crippen LogP contribution in [0.5, 0.6) is 0 Å². The monoisotopic (exact) mass is 215 g/mol. The first-order valence-corrected chi connectivity index (χ1v) is 5.15. The molecule has 1 unspecified atom stereocenters. The molecule has 1 aromatic heterocycles. The molecule has 78 valence electrons. The van der Waals surface area contributed by atoms with Crippen LogP contribution in [0.4, 0.5) is 0 Å². The summed E-state index contributed by atoms with van der Waals surface area (Å²) in [6.07, 6.45) is 3.41. The fourth-order valence-corrected chi connectivity index (χ4v) is 1.75. The van der Waals surface area contributed by atoms with Gasteiger partial charge in [-0.25, -0.2) is 0 Å². The Balaban J connectivity index is 1.97. The predicted octanol–water partition coefficient (Wildman–Crippen LogP) is 0.859. The quantitative estimate of drug-likeness (QED) is 0.784. The molecule has 14 heavy (non-hydrogen) atoms. The third-order valence-electron chi connectivity index (χ3n) is 2.43. The molecule has 0 saturated heterocycles. The molecule has 1 aliphatic carbocycles. The summed E-state index contributed by atoms with van der Waals surface area (Å²) in [6.45, 7) is 0.546. The zero-order valence-corrected chi connectivity index (χ0v) is 8.83. The lowest BCUT2D eigenvalue weighted by molar-refractivity contribution is 0.165. The highest BCUT2D eigenvalue weighted by molar-refractivity contribution is 6.31. The maximum Gasteiger partial charge on any atom is 0.110 e. The third-order valence-corrected chi connectivity index (χ3v) is 2.72. The van der Waals surface area contributed by atoms with Gasteiger partial charge in [0.2, 0.25) is 0 Å². The Bertz CT molecular complexity index is 302. The summed E-state index contributed by atoms with van der Waals surface area (Å²) in [5, 5.41) is 17.6. The van der Waals surface area contributed by atoms with Gasteiger partial charge in [0.1, 0.15) is 6.10 Å². The number of rotatable bonds is 4. The van der Waals surface area contributed by atoms with Gasteiger partial charge in [-0.2, -0.15) is 5.10 Å². The van der Waals surface area contributed by atoms with Crippen molar-refractivity contribution in [3.8, 4) is 0 Å². The van der Waals surface area contributed by atoms with Gasteiger partial charge in [0.05, 0.1) is 16.9 Å². The van der Waals surface area contributed by atoms with Crippen LogP contribution in [0.15, 0.2) is 6.20 Å². The van der Waals surface area contributed by atoms with E-state index in [-0.39, 0.29) is 0 Å². The Morgan fingerprint density at radius 2 is 2.50 bits per heavy atom. The summed E-state index contributed by atoms with van der Waals surface area (Å²) < 4.78 is 1.61. The van der Waals surface area contributed by atoms with Crippen LogP contribution in [0.25, 0.3) is 0 Å². The molecule has 1 heterocycles. The van der Waals surface area contributed by atoms with E-state index in [0.29, 0.717) is 23.3 Å². The first kappa shape index (κ1) is 9.96. The number of halogens is 1. The van der Waals surface area contributed by atoms with Crippen LogP contribution >= 0.6 is 11.6 Å². The van der Waals surface area contributed by atoms with Gasteiger partial charge in [-0.15, -0.1) is 0 Å². The Morgan fingerprint density at radius 1 is 1.79 bits per heavy atom. The number of aryl methyl sites for hydroxylation is 1. The zero-order chi connectivity index (χ0) is 10.1. The number of nitrogens with zero attached hydrogens (tertiary/aromatic N) is 2. The highest BCUT2D eigenvalue weighted by Crippen LogP contribution is 2.23. The van der Waals surface area contributed by atoms with Gasteiger partial charge < -0.3 is 10.4 Å². The number of aromatic nitrogens is 2. The van der Waals surface area contributed by atoms with Crippen molar-refractivity contribution in [2.75, 3.05) is 6.54 Å². The van der Waals surface area contributed by atoms with Crippen molar-refractivity contribution in [3.63, 3.8) is 0 Å². The Hall–Kier alpha value is -0.580. The molecule has 0 bridgehead atoms. The molecule has 1 atom stereocenters. The first-order chi connectivity index (χ1) is 6.68. The summed E-state index contributed by atoms with van der Waals surface area (Å²) in [6, 6.07) is 0.594. The van der Waals surface area contributed by atoms with Crippen LogP contribution in [-0.4, -0.2) is 27.5 Å². The summed E-state index contributed by atoms with van der Waals surface area (Å²) in [5.41, 5.74) is 0.680. The van der Waals surface area contributed by atoms with Crippen molar-refractivity contribution in [1.29, 1.82) is 0 Å². The second-order valence-corrected chi connectivity index (χ2v) is 4.11. The van der Waals surface area contributed by atoms with Crippen LogP contribution in [0, 0.1) is 0 Å². The van der Waals surface area contributed by atoms with E-state index < -0.39 is 6.10 Å². The van der Waals surface area contributed by atoms with E-state index in [9.17, 15) is 5.11 Å². The molecule has 1 aromatic rings. The van der Waals surface area contributed by atoms with E-state index in [1.807, 2.05) is 0 Å². The Morgan fingerprint density at radius 3 is 3.00 bits per heavy atom. The number of aliphatic hydroxyl groups is 1. The molecule has 0 radical (unpaired) electrons. The van der Waals surface area contributed by atoms with Crippen LogP contribution in [0.1, 0.15) is 24.6 Å². The van der Waals surface area contributed by atoms with Gasteiger partial charge in [-0.1, -0.05) is 11.6 Å². The molecule has 2 rings (SSSR count). The van der Waals surface area contributed by atoms with Crippen molar-refractivity contribution in [2.45, 2.75) is 25.0 Å². The highest BCUT2D eigenvalue weighted by Gasteiger charge is 2.23. The van der Waals surface area contributed by atoms with Gasteiger partial charge >= 0.3 is 0 Å². The summed E-state index contributed by atoms with van der Waals surface area (Å²) in [4.78, 5) is 0. The van der Waals surface area contributed by atoms with E-state index in [2.05, 4.69) is 10.4 Å². The Kier molecular flexibility index (Phi) is 2.76. The van der Waals surface area contributed by atoms with Gasteiger partial charge in [-0.05, 0) is 12.8 Å². The molecule has 4 nitrogen and oxygen atoms in total. The molecule has 2 N–H and O–H groups in total. The lowest BCUT2D eigenvalue weighted by atomic mass is 10.2. The van der Waals surface area contributed by atoms with E-state index in [1.54, 1.807) is 17.9 Å². The molecule has 0 aromatic carbocycles. The normalized spacial score (nSPS) is 18.5. The number of hydrogen-bond donors (Lipinski definition) is 2. The van der Waals surface area contributed by atoms with E-state index in [0.717, 1.165) is 0 Å². The number of aliphatic hydroxyl groups excluding tert-OH is 1. The molecule has 1 fully saturated rings. The highest BCUT2D eigenvalue weighted by atomic mass is 35.5. The summed E-state index contributed by atoms with van der Waals surface area (Å²) >= 11 is 5.90. The molecule has 0 aliphatic heterocycles. The molecule has 1 saturated carbocycles. The summed E-state index contributed by atoms with van der Waals surface area (Å²) in [5.74, 6) is 0. The average Bonchev–Trinajstić information content (AvgIpc) is 2.90. The van der Waals surface area contributed by atoms with Gasteiger partial charge in [0.15, 0.2) is 0 Å². The second kappa shape index (κ2) is 3.88. The molecule has 0 spiro atoms. The van der Waals surface area contributed by atoms with Crippen molar-refractivity contribution >= 4 is 11.6 Å². The van der Waals surface area contributed by atoms with Crippen molar-refractivity contribution in [1.82, 2.24) is 15.1 Å². The fraction of sp³-hybridized carbons (Fsp3) is 0.667. The number of nitrogens with one attached hydrogen (secondary N) is 1. The SMILES string of the molecule is Cn1ncc(Cl)c1C(O)CNC1CC1. The molecule has 5 heteroatoms.